The highest BCUT2D eigenvalue weighted by Crippen LogP contribution is 2.38. The number of hydrogen-bond donors (Lipinski definition) is 2. The quantitative estimate of drug-likeness (QED) is 0.683. The molecule has 1 aliphatic rings. The van der Waals surface area contributed by atoms with Crippen LogP contribution in [0.3, 0.4) is 0 Å². The van der Waals surface area contributed by atoms with Gasteiger partial charge in [0, 0.05) is 0 Å². The molecule has 2 rings (SSSR count). The average molecular weight is 226 g/mol. The first kappa shape index (κ1) is 11.2. The lowest BCUT2D eigenvalue weighted by Gasteiger charge is -2.35. The first-order valence-corrected chi connectivity index (χ1v) is 5.05. The van der Waals surface area contributed by atoms with Gasteiger partial charge < -0.3 is 19.4 Å². The summed E-state index contributed by atoms with van der Waals surface area (Å²) >= 11 is 0. The van der Waals surface area contributed by atoms with Gasteiger partial charge >= 0.3 is 5.63 Å². The van der Waals surface area contributed by atoms with Crippen LogP contribution < -0.4 is 5.63 Å². The van der Waals surface area contributed by atoms with E-state index < -0.39 is 17.3 Å². The van der Waals surface area contributed by atoms with Gasteiger partial charge in [0.25, 0.3) is 0 Å². The van der Waals surface area contributed by atoms with Gasteiger partial charge in [-0.3, -0.25) is 0 Å². The molecule has 5 heteroatoms. The third-order valence-corrected chi connectivity index (χ3v) is 3.15. The largest absolute Gasteiger partial charge is 0.507 e. The Hall–Kier alpha value is -1.33. The van der Waals surface area contributed by atoms with Crippen LogP contribution in [-0.4, -0.2) is 16.3 Å². The van der Waals surface area contributed by atoms with Gasteiger partial charge in [0.05, 0.1) is 23.8 Å². The van der Waals surface area contributed by atoms with Crippen LogP contribution in [0.4, 0.5) is 0 Å². The zero-order valence-corrected chi connectivity index (χ0v) is 9.40. The van der Waals surface area contributed by atoms with E-state index in [2.05, 4.69) is 0 Å². The van der Waals surface area contributed by atoms with E-state index in [4.69, 9.17) is 9.15 Å². The fourth-order valence-electron chi connectivity index (χ4n) is 1.76. The fraction of sp³-hybridized carbons (Fsp3) is 0.545. The second-order valence-corrected chi connectivity index (χ2v) is 4.27. The molecule has 5 nitrogen and oxygen atoms in total. The molecule has 2 heterocycles. The first-order valence-electron chi connectivity index (χ1n) is 5.05. The van der Waals surface area contributed by atoms with Gasteiger partial charge in [-0.05, 0) is 20.8 Å². The summed E-state index contributed by atoms with van der Waals surface area (Å²) in [5, 5.41) is 20.0. The van der Waals surface area contributed by atoms with Gasteiger partial charge in [-0.2, -0.15) is 0 Å². The third kappa shape index (κ3) is 1.36. The maximum atomic E-state index is 11.4. The van der Waals surface area contributed by atoms with Gasteiger partial charge in [0.2, 0.25) is 0 Å². The molecule has 0 amide bonds. The summed E-state index contributed by atoms with van der Waals surface area (Å²) in [4.78, 5) is 11.4. The van der Waals surface area contributed by atoms with Crippen molar-refractivity contribution in [3.8, 4) is 5.75 Å². The van der Waals surface area contributed by atoms with E-state index in [1.165, 1.54) is 13.8 Å². The zero-order valence-electron chi connectivity index (χ0n) is 9.40. The van der Waals surface area contributed by atoms with Gasteiger partial charge in [-0.1, -0.05) is 0 Å². The summed E-state index contributed by atoms with van der Waals surface area (Å²) in [6, 6.07) is 0. The summed E-state index contributed by atoms with van der Waals surface area (Å²) in [5.74, 6) is -0.0576. The Morgan fingerprint density at radius 3 is 2.75 bits per heavy atom. The molecule has 1 aliphatic heterocycles. The van der Waals surface area contributed by atoms with Crippen molar-refractivity contribution in [3.05, 3.63) is 27.3 Å². The number of aliphatic hydroxyl groups is 1. The van der Waals surface area contributed by atoms with Crippen molar-refractivity contribution in [3.63, 3.8) is 0 Å². The van der Waals surface area contributed by atoms with Crippen molar-refractivity contribution >= 4 is 0 Å². The van der Waals surface area contributed by atoms with Crippen LogP contribution in [0.15, 0.2) is 9.21 Å². The lowest BCUT2D eigenvalue weighted by molar-refractivity contribution is -0.131. The number of fused-ring (bicyclic) bond motifs is 1. The normalized spacial score (nSPS) is 28.9. The first-order chi connectivity index (χ1) is 7.35. The molecule has 0 aliphatic carbocycles. The maximum Gasteiger partial charge on any atom is 0.342 e. The number of rotatable bonds is 0. The van der Waals surface area contributed by atoms with Gasteiger partial charge in [0.15, 0.2) is 5.76 Å². The summed E-state index contributed by atoms with van der Waals surface area (Å²) in [6.07, 6.45) is -0.495. The van der Waals surface area contributed by atoms with E-state index in [9.17, 15) is 15.0 Å². The predicted octanol–water partition coefficient (Wildman–Crippen LogP) is 0.780. The zero-order chi connectivity index (χ0) is 12.1. The molecule has 2 N–H and O–H groups in total. The van der Waals surface area contributed by atoms with Crippen molar-refractivity contribution in [1.29, 1.82) is 0 Å². The number of hydrogen-bond acceptors (Lipinski definition) is 5. The molecule has 1 aromatic heterocycles. The van der Waals surface area contributed by atoms with E-state index in [1.807, 2.05) is 0 Å². The summed E-state index contributed by atoms with van der Waals surface area (Å²) < 4.78 is 10.4. The van der Waals surface area contributed by atoms with Crippen molar-refractivity contribution < 1.29 is 19.4 Å². The molecule has 1 aromatic rings. The Morgan fingerprint density at radius 2 is 2.12 bits per heavy atom. The van der Waals surface area contributed by atoms with Crippen molar-refractivity contribution in [2.24, 2.45) is 0 Å². The molecule has 0 fully saturated rings. The monoisotopic (exact) mass is 226 g/mol. The molecule has 0 aromatic carbocycles. The number of ether oxygens (including phenoxy) is 1. The van der Waals surface area contributed by atoms with E-state index in [0.717, 1.165) is 0 Å². The fourth-order valence-corrected chi connectivity index (χ4v) is 1.76. The minimum absolute atomic E-state index is 0.0966. The maximum absolute atomic E-state index is 11.4. The highest BCUT2D eigenvalue weighted by Gasteiger charge is 2.41. The van der Waals surface area contributed by atoms with Crippen LogP contribution in [0.25, 0.3) is 0 Å². The molecule has 0 bridgehead atoms. The van der Waals surface area contributed by atoms with E-state index in [-0.39, 0.29) is 23.7 Å². The molecule has 0 spiro atoms. The molecule has 88 valence electrons. The minimum atomic E-state index is -1.40. The van der Waals surface area contributed by atoms with Crippen LogP contribution in [0, 0.1) is 6.92 Å². The molecule has 16 heavy (non-hydrogen) atoms. The Morgan fingerprint density at radius 1 is 1.50 bits per heavy atom. The molecule has 0 saturated heterocycles. The second kappa shape index (κ2) is 3.33. The molecule has 2 unspecified atom stereocenters. The third-order valence-electron chi connectivity index (χ3n) is 3.15. The lowest BCUT2D eigenvalue weighted by atomic mass is 9.90. The highest BCUT2D eigenvalue weighted by atomic mass is 16.5. The Kier molecular flexibility index (Phi) is 2.32. The summed E-state index contributed by atoms with van der Waals surface area (Å²) in [6.45, 7) is 4.77. The Bertz CT molecular complexity index is 486. The smallest absolute Gasteiger partial charge is 0.342 e. The Labute approximate surface area is 92.3 Å². The van der Waals surface area contributed by atoms with Crippen LogP contribution >= 0.6 is 0 Å². The van der Waals surface area contributed by atoms with Crippen LogP contribution in [0.5, 0.6) is 5.75 Å². The van der Waals surface area contributed by atoms with E-state index in [0.29, 0.717) is 5.56 Å². The second-order valence-electron chi connectivity index (χ2n) is 4.27. The van der Waals surface area contributed by atoms with Crippen LogP contribution in [0.2, 0.25) is 0 Å². The van der Waals surface area contributed by atoms with Crippen molar-refractivity contribution in [2.75, 3.05) is 0 Å². The SMILES string of the molecule is Cc1c(O)c2c(oc1=O)C(C)(O)C(C)OC2. The minimum Gasteiger partial charge on any atom is -0.507 e. The number of aromatic hydroxyl groups is 1. The van der Waals surface area contributed by atoms with Crippen molar-refractivity contribution in [1.82, 2.24) is 0 Å². The summed E-state index contributed by atoms with van der Waals surface area (Å²) in [7, 11) is 0. The van der Waals surface area contributed by atoms with Crippen LogP contribution in [-0.2, 0) is 16.9 Å². The Balaban J connectivity index is 2.74. The highest BCUT2D eigenvalue weighted by molar-refractivity contribution is 5.41. The lowest BCUT2D eigenvalue weighted by Crippen LogP contribution is -2.41. The van der Waals surface area contributed by atoms with E-state index >= 15 is 0 Å². The summed E-state index contributed by atoms with van der Waals surface area (Å²) in [5.41, 5.74) is -1.56. The van der Waals surface area contributed by atoms with Gasteiger partial charge in [-0.15, -0.1) is 0 Å². The van der Waals surface area contributed by atoms with Gasteiger partial charge in [0.1, 0.15) is 11.4 Å². The molecule has 0 saturated carbocycles. The molecule has 2 atom stereocenters. The predicted molar refractivity (Wildman–Crippen MR) is 55.2 cm³/mol. The average Bonchev–Trinajstić information content (AvgIpc) is 2.22. The molecular weight excluding hydrogens is 212 g/mol. The topological polar surface area (TPSA) is 79.9 Å². The standard InChI is InChI=1S/C11H14O5/c1-5-8(12)7-4-15-6(2)11(3,14)9(7)16-10(5)13/h6,12,14H,4H2,1-3H3. The van der Waals surface area contributed by atoms with Crippen molar-refractivity contribution in [2.45, 2.75) is 39.1 Å². The molecule has 0 radical (unpaired) electrons. The molecular formula is C11H14O5. The van der Waals surface area contributed by atoms with Gasteiger partial charge in [-0.25, -0.2) is 4.79 Å². The van der Waals surface area contributed by atoms with E-state index in [1.54, 1.807) is 6.92 Å². The van der Waals surface area contributed by atoms with Crippen LogP contribution in [0.1, 0.15) is 30.7 Å².